The second-order valence-electron chi connectivity index (χ2n) is 9.04. The number of anilines is 1. The van der Waals surface area contributed by atoms with E-state index in [0.717, 1.165) is 40.9 Å². The van der Waals surface area contributed by atoms with Crippen LogP contribution in [-0.4, -0.2) is 69.1 Å². The largest absolute Gasteiger partial charge is 0.481 e. The van der Waals surface area contributed by atoms with Gasteiger partial charge in [-0.25, -0.2) is 22.5 Å². The average molecular weight is 676 g/mol. The SMILES string of the molecule is Nc1nc(C(=NOCF)C(=O)NC2C(=O)N3CC(C=CSc4cc(=O)c5cc(F)c(F)c(F)c5s4)(C(=O)O)CS[C@H]23)cs1. The van der Waals surface area contributed by atoms with Gasteiger partial charge in [-0.1, -0.05) is 23.0 Å². The number of nitrogens with one attached hydrogen (secondary N) is 1. The first-order valence-electron chi connectivity index (χ1n) is 11.8. The monoisotopic (exact) mass is 675 g/mol. The van der Waals surface area contributed by atoms with Crippen molar-refractivity contribution in [3.05, 3.63) is 62.4 Å². The number of nitrogen functional groups attached to an aromatic ring is 1. The highest BCUT2D eigenvalue weighted by atomic mass is 32.2. The second-order valence-corrected chi connectivity index (χ2v) is 13.3. The summed E-state index contributed by atoms with van der Waals surface area (Å²) in [5, 5.41) is 17.9. The first-order chi connectivity index (χ1) is 20.5. The first kappa shape index (κ1) is 30.8. The normalized spacial score (nSPS) is 22.0. The van der Waals surface area contributed by atoms with E-state index in [1.807, 2.05) is 0 Å². The summed E-state index contributed by atoms with van der Waals surface area (Å²) in [4.78, 5) is 60.0. The number of alkyl halides is 1. The standard InChI is InChI=1S/C24H17F4N5O6S4/c25-8-39-32-16(11-5-41-23(29)30-11)19(35)31-17-20(36)33-6-24(22(37)38,7-42-21(17)33)1-2-40-13-4-12(34)9-3-10(26)14(27)15(28)18(9)43-13/h1-5,17,21H,6-8H2,(H2,29,30)(H,31,35)(H,37,38)/t17?,21-,24?/m1/s1. The molecule has 19 heteroatoms. The maximum atomic E-state index is 14.3. The number of thiazole rings is 1. The summed E-state index contributed by atoms with van der Waals surface area (Å²) in [6.45, 7) is -1.56. The Labute approximate surface area is 254 Å². The Morgan fingerprint density at radius 1 is 1.30 bits per heavy atom. The molecule has 226 valence electrons. The molecular weight excluding hydrogens is 659 g/mol. The molecule has 2 fully saturated rings. The maximum Gasteiger partial charge on any atom is 0.316 e. The van der Waals surface area contributed by atoms with E-state index in [-0.39, 0.29) is 37.4 Å². The summed E-state index contributed by atoms with van der Waals surface area (Å²) in [5.74, 6) is -7.40. The van der Waals surface area contributed by atoms with Crippen molar-refractivity contribution in [3.8, 4) is 0 Å². The number of carboxylic acid groups (broad SMARTS) is 1. The number of carbonyl (C=O) groups excluding carboxylic acids is 2. The third-order valence-electron chi connectivity index (χ3n) is 6.41. The first-order valence-corrected chi connectivity index (χ1v) is 15.5. The summed E-state index contributed by atoms with van der Waals surface area (Å²) < 4.78 is 53.9. The van der Waals surface area contributed by atoms with Crippen molar-refractivity contribution in [2.24, 2.45) is 10.6 Å². The number of halogens is 4. The van der Waals surface area contributed by atoms with Crippen LogP contribution in [0.4, 0.5) is 22.7 Å². The van der Waals surface area contributed by atoms with Crippen LogP contribution < -0.4 is 16.5 Å². The van der Waals surface area contributed by atoms with Crippen molar-refractivity contribution in [1.82, 2.24) is 15.2 Å². The van der Waals surface area contributed by atoms with Crippen LogP contribution in [0.5, 0.6) is 0 Å². The number of benzene rings is 1. The Morgan fingerprint density at radius 3 is 2.74 bits per heavy atom. The van der Waals surface area contributed by atoms with Gasteiger partial charge < -0.3 is 25.9 Å². The summed E-state index contributed by atoms with van der Waals surface area (Å²) in [7, 11) is 0. The van der Waals surface area contributed by atoms with Gasteiger partial charge in [0.1, 0.15) is 22.5 Å². The van der Waals surface area contributed by atoms with E-state index in [4.69, 9.17) is 5.73 Å². The molecule has 2 unspecified atom stereocenters. The number of rotatable bonds is 9. The number of nitrogens with two attached hydrogens (primary N) is 1. The van der Waals surface area contributed by atoms with Crippen molar-refractivity contribution >= 4 is 84.9 Å². The zero-order valence-electron chi connectivity index (χ0n) is 21.2. The van der Waals surface area contributed by atoms with Gasteiger partial charge in [-0.3, -0.25) is 19.2 Å². The Balaban J connectivity index is 1.29. The van der Waals surface area contributed by atoms with Crippen LogP contribution in [-0.2, 0) is 19.2 Å². The number of thioether (sulfide) groups is 2. The molecule has 4 N–H and O–H groups in total. The zero-order chi connectivity index (χ0) is 31.1. The van der Waals surface area contributed by atoms with Crippen LogP contribution in [0.15, 0.2) is 43.2 Å². The number of fused-ring (bicyclic) bond motifs is 2. The third kappa shape index (κ3) is 5.80. The predicted molar refractivity (Wildman–Crippen MR) is 153 cm³/mol. The van der Waals surface area contributed by atoms with Gasteiger partial charge in [0.25, 0.3) is 12.8 Å². The smallest absolute Gasteiger partial charge is 0.316 e. The van der Waals surface area contributed by atoms with Crippen molar-refractivity contribution in [1.29, 1.82) is 0 Å². The third-order valence-corrected chi connectivity index (χ3v) is 10.7. The minimum atomic E-state index is -1.71. The molecule has 2 aliphatic rings. The van der Waals surface area contributed by atoms with Crippen molar-refractivity contribution in [2.75, 3.05) is 24.9 Å². The molecule has 43 heavy (non-hydrogen) atoms. The number of aromatic nitrogens is 1. The highest BCUT2D eigenvalue weighted by Gasteiger charge is 2.57. The predicted octanol–water partition coefficient (Wildman–Crippen LogP) is 3.14. The average Bonchev–Trinajstić information content (AvgIpc) is 3.41. The minimum Gasteiger partial charge on any atom is -0.481 e. The molecule has 2 saturated heterocycles. The Morgan fingerprint density at radius 2 is 2.07 bits per heavy atom. The number of hydrogen-bond acceptors (Lipinski definition) is 12. The van der Waals surface area contributed by atoms with Crippen LogP contribution in [0, 0.1) is 22.9 Å². The molecular formula is C24H17F4N5O6S4. The molecule has 0 radical (unpaired) electrons. The summed E-state index contributed by atoms with van der Waals surface area (Å²) >= 11 is 3.67. The fourth-order valence-electron chi connectivity index (χ4n) is 4.26. The molecule has 5 rings (SSSR count). The fourth-order valence-corrected chi connectivity index (χ4v) is 8.39. The molecule has 0 saturated carbocycles. The quantitative estimate of drug-likeness (QED) is 0.0767. The molecule has 3 atom stereocenters. The topological polar surface area (TPSA) is 164 Å². The molecule has 2 aromatic heterocycles. The highest BCUT2D eigenvalue weighted by molar-refractivity contribution is 8.04. The molecule has 4 heterocycles. The zero-order valence-corrected chi connectivity index (χ0v) is 24.5. The molecule has 2 amide bonds. The molecule has 3 aromatic rings. The lowest BCUT2D eigenvalue weighted by Crippen LogP contribution is -2.73. The number of hydrogen-bond donors (Lipinski definition) is 3. The lowest BCUT2D eigenvalue weighted by Gasteiger charge is -2.53. The fraction of sp³-hybridized carbons (Fsp3) is 0.250. The van der Waals surface area contributed by atoms with Gasteiger partial charge in [-0.15, -0.1) is 34.4 Å². The summed E-state index contributed by atoms with van der Waals surface area (Å²) in [6.07, 6.45) is 1.33. The number of oxime groups is 1. The molecule has 0 spiro atoms. The highest BCUT2D eigenvalue weighted by Crippen LogP contribution is 2.44. The van der Waals surface area contributed by atoms with Crippen LogP contribution in [0.3, 0.4) is 0 Å². The lowest BCUT2D eigenvalue weighted by molar-refractivity contribution is -0.156. The Bertz CT molecular complexity index is 1770. The molecule has 2 aliphatic heterocycles. The number of aliphatic carboxylic acids is 1. The molecule has 0 aliphatic carbocycles. The van der Waals surface area contributed by atoms with Gasteiger partial charge in [0.15, 0.2) is 33.7 Å². The Kier molecular flexibility index (Phi) is 8.68. The summed E-state index contributed by atoms with van der Waals surface area (Å²) in [6, 6.07) is 0.677. The van der Waals surface area contributed by atoms with E-state index in [1.165, 1.54) is 21.8 Å². The maximum absolute atomic E-state index is 14.3. The van der Waals surface area contributed by atoms with Crippen molar-refractivity contribution in [3.63, 3.8) is 0 Å². The van der Waals surface area contributed by atoms with E-state index in [2.05, 4.69) is 20.3 Å². The van der Waals surface area contributed by atoms with Gasteiger partial charge in [-0.2, -0.15) is 0 Å². The number of β-lactam (4-membered cyclic amide) rings is 1. The van der Waals surface area contributed by atoms with E-state index in [9.17, 15) is 41.8 Å². The molecule has 11 nitrogen and oxygen atoms in total. The van der Waals surface area contributed by atoms with Crippen molar-refractivity contribution < 1.29 is 41.9 Å². The van der Waals surface area contributed by atoms with Crippen LogP contribution in [0.2, 0.25) is 0 Å². The van der Waals surface area contributed by atoms with Crippen LogP contribution >= 0.6 is 46.2 Å². The lowest BCUT2D eigenvalue weighted by atomic mass is 9.87. The van der Waals surface area contributed by atoms with Crippen LogP contribution in [0.25, 0.3) is 10.1 Å². The second kappa shape index (κ2) is 12.1. The Hall–Kier alpha value is -3.68. The summed E-state index contributed by atoms with van der Waals surface area (Å²) in [5.41, 5.74) is 2.90. The van der Waals surface area contributed by atoms with E-state index in [0.29, 0.717) is 17.4 Å². The number of carbonyl (C=O) groups is 3. The van der Waals surface area contributed by atoms with Crippen LogP contribution in [0.1, 0.15) is 5.69 Å². The van der Waals surface area contributed by atoms with Crippen molar-refractivity contribution in [2.45, 2.75) is 15.6 Å². The number of nitrogens with zero attached hydrogens (tertiary/aromatic N) is 3. The van der Waals surface area contributed by atoms with Gasteiger partial charge >= 0.3 is 5.97 Å². The van der Waals surface area contributed by atoms with Gasteiger partial charge in [0.05, 0.1) is 8.91 Å². The van der Waals surface area contributed by atoms with E-state index in [1.54, 1.807) is 0 Å². The van der Waals surface area contributed by atoms with E-state index < -0.39 is 70.1 Å². The van der Waals surface area contributed by atoms with E-state index >= 15 is 0 Å². The number of carboxylic acids is 1. The number of amides is 2. The van der Waals surface area contributed by atoms with Gasteiger partial charge in [0, 0.05) is 29.1 Å². The minimum absolute atomic E-state index is 0.0115. The van der Waals surface area contributed by atoms with Gasteiger partial charge in [-0.05, 0) is 11.5 Å². The molecule has 1 aromatic carbocycles. The van der Waals surface area contributed by atoms with Gasteiger partial charge in [0.2, 0.25) is 5.91 Å². The molecule has 0 bridgehead atoms.